The second-order valence-electron chi connectivity index (χ2n) is 4.94. The Balaban J connectivity index is 2.52. The Morgan fingerprint density at radius 2 is 1.62 bits per heavy atom. The molecule has 0 heterocycles. The van der Waals surface area contributed by atoms with Crippen molar-refractivity contribution in [2.45, 2.75) is 6.18 Å². The van der Waals surface area contributed by atoms with E-state index in [4.69, 9.17) is 0 Å². The van der Waals surface area contributed by atoms with Crippen LogP contribution in [0.25, 0.3) is 6.08 Å². The lowest BCUT2D eigenvalue weighted by molar-refractivity contribution is -0.469. The zero-order valence-corrected chi connectivity index (χ0v) is 12.3. The number of hydrogen-bond donors (Lipinski definition) is 0. The van der Waals surface area contributed by atoms with Crippen LogP contribution in [-0.2, 0) is 6.18 Å². The van der Waals surface area contributed by atoms with E-state index in [0.29, 0.717) is 0 Å². The van der Waals surface area contributed by atoms with Gasteiger partial charge in [0.05, 0.1) is 11.1 Å². The largest absolute Gasteiger partial charge is 0.416 e. The highest BCUT2D eigenvalue weighted by Crippen LogP contribution is 2.33. The van der Waals surface area contributed by atoms with Crippen LogP contribution in [0.15, 0.2) is 60.2 Å². The van der Waals surface area contributed by atoms with Gasteiger partial charge in [0.15, 0.2) is 5.78 Å². The van der Waals surface area contributed by atoms with Crippen LogP contribution in [0.4, 0.5) is 13.2 Å². The predicted molar refractivity (Wildman–Crippen MR) is 82.1 cm³/mol. The van der Waals surface area contributed by atoms with Crippen LogP contribution in [0.3, 0.4) is 0 Å². The first-order valence-electron chi connectivity index (χ1n) is 6.87. The van der Waals surface area contributed by atoms with Gasteiger partial charge in [0.2, 0.25) is 6.54 Å². The minimum absolute atomic E-state index is 0.176. The van der Waals surface area contributed by atoms with Gasteiger partial charge in [0.1, 0.15) is 0 Å². The number of carbonyl (C=O) groups excluding carboxylic acids is 1. The lowest BCUT2D eigenvalue weighted by Gasteiger charge is -2.11. The van der Waals surface area contributed by atoms with Crippen LogP contribution < -0.4 is 0 Å². The third kappa shape index (κ3) is 4.28. The molecule has 0 aliphatic rings. The second-order valence-corrected chi connectivity index (χ2v) is 4.94. The molecule has 0 N–H and O–H groups in total. The number of alkyl halides is 3. The average Bonchev–Trinajstić information content (AvgIpc) is 2.53. The topological polar surface area (TPSA) is 60.2 Å². The van der Waals surface area contributed by atoms with Gasteiger partial charge in [-0.05, 0) is 17.7 Å². The Morgan fingerprint density at radius 3 is 2.21 bits per heavy atom. The van der Waals surface area contributed by atoms with E-state index < -0.39 is 29.0 Å². The molecule has 0 unspecified atom stereocenters. The van der Waals surface area contributed by atoms with Crippen molar-refractivity contribution in [1.82, 2.24) is 0 Å². The van der Waals surface area contributed by atoms with Gasteiger partial charge < -0.3 is 0 Å². The number of Topliss-reactive ketones (excluding diaryl/α,β-unsaturated/α-hetero) is 1. The maximum Gasteiger partial charge on any atom is 0.416 e. The molecular weight excluding hydrogens is 323 g/mol. The summed E-state index contributed by atoms with van der Waals surface area (Å²) in [5.74, 6) is -0.677. The van der Waals surface area contributed by atoms with Crippen LogP contribution in [0.2, 0.25) is 0 Å². The Morgan fingerprint density at radius 1 is 1.04 bits per heavy atom. The molecule has 0 saturated carbocycles. The molecule has 0 spiro atoms. The van der Waals surface area contributed by atoms with E-state index in [9.17, 15) is 28.1 Å². The number of nitrogens with zero attached hydrogens (tertiary/aromatic N) is 1. The van der Waals surface area contributed by atoms with Crippen molar-refractivity contribution in [3.05, 3.63) is 87.0 Å². The SMILES string of the molecule is O=C(/C(=C/c1ccccc1C(F)(F)F)C[N+](=O)[O-])c1ccccc1. The van der Waals surface area contributed by atoms with Gasteiger partial charge in [0.25, 0.3) is 0 Å². The first kappa shape index (κ1) is 17.4. The molecule has 0 aromatic heterocycles. The zero-order chi connectivity index (χ0) is 17.7. The van der Waals surface area contributed by atoms with Crippen LogP contribution in [0, 0.1) is 10.1 Å². The molecule has 2 aromatic rings. The molecule has 24 heavy (non-hydrogen) atoms. The van der Waals surface area contributed by atoms with E-state index in [-0.39, 0.29) is 16.7 Å². The van der Waals surface area contributed by atoms with Crippen molar-refractivity contribution < 1.29 is 22.9 Å². The third-order valence-corrected chi connectivity index (χ3v) is 3.22. The van der Waals surface area contributed by atoms with Gasteiger partial charge in [-0.3, -0.25) is 14.9 Å². The molecule has 0 amide bonds. The fourth-order valence-electron chi connectivity index (χ4n) is 2.17. The summed E-state index contributed by atoms with van der Waals surface area (Å²) in [5.41, 5.74) is -1.38. The molecule has 0 radical (unpaired) electrons. The predicted octanol–water partition coefficient (Wildman–Crippen LogP) is 4.25. The zero-order valence-electron chi connectivity index (χ0n) is 12.3. The number of benzene rings is 2. The summed E-state index contributed by atoms with van der Waals surface area (Å²) in [6, 6.07) is 12.3. The minimum atomic E-state index is -4.62. The Bertz CT molecular complexity index is 783. The summed E-state index contributed by atoms with van der Waals surface area (Å²) in [5, 5.41) is 10.8. The van der Waals surface area contributed by atoms with Crippen LogP contribution in [0.5, 0.6) is 0 Å². The fraction of sp³-hybridized carbons (Fsp3) is 0.118. The molecule has 2 rings (SSSR count). The lowest BCUT2D eigenvalue weighted by Crippen LogP contribution is -2.14. The highest BCUT2D eigenvalue weighted by Gasteiger charge is 2.33. The van der Waals surface area contributed by atoms with Gasteiger partial charge >= 0.3 is 6.18 Å². The highest BCUT2D eigenvalue weighted by atomic mass is 19.4. The number of rotatable bonds is 5. The third-order valence-electron chi connectivity index (χ3n) is 3.22. The van der Waals surface area contributed by atoms with E-state index in [1.165, 1.54) is 30.3 Å². The number of carbonyl (C=O) groups is 1. The Labute approximate surface area is 135 Å². The summed E-state index contributed by atoms with van der Waals surface area (Å²) in [7, 11) is 0. The van der Waals surface area contributed by atoms with Crippen molar-refractivity contribution in [1.29, 1.82) is 0 Å². The lowest BCUT2D eigenvalue weighted by atomic mass is 9.98. The number of hydrogen-bond acceptors (Lipinski definition) is 3. The molecule has 2 aromatic carbocycles. The monoisotopic (exact) mass is 335 g/mol. The normalized spacial score (nSPS) is 12.0. The number of ketones is 1. The summed E-state index contributed by atoms with van der Waals surface area (Å²) >= 11 is 0. The first-order chi connectivity index (χ1) is 11.3. The van der Waals surface area contributed by atoms with Crippen LogP contribution in [-0.4, -0.2) is 17.3 Å². The van der Waals surface area contributed by atoms with Crippen molar-refractivity contribution in [2.75, 3.05) is 6.54 Å². The van der Waals surface area contributed by atoms with Gasteiger partial charge in [-0.1, -0.05) is 48.5 Å². The average molecular weight is 335 g/mol. The van der Waals surface area contributed by atoms with Crippen LogP contribution in [0.1, 0.15) is 21.5 Å². The fourth-order valence-corrected chi connectivity index (χ4v) is 2.17. The van der Waals surface area contributed by atoms with E-state index in [1.807, 2.05) is 0 Å². The second kappa shape index (κ2) is 7.08. The Hall–Kier alpha value is -2.96. The van der Waals surface area contributed by atoms with Gasteiger partial charge in [-0.25, -0.2) is 0 Å². The van der Waals surface area contributed by atoms with Gasteiger partial charge in [-0.15, -0.1) is 0 Å². The summed E-state index contributed by atoms with van der Waals surface area (Å²) in [6.45, 7) is -0.861. The molecule has 0 aliphatic carbocycles. The molecule has 0 aliphatic heterocycles. The summed E-state index contributed by atoms with van der Waals surface area (Å²) < 4.78 is 39.1. The smallest absolute Gasteiger partial charge is 0.289 e. The van der Waals surface area contributed by atoms with Gasteiger partial charge in [-0.2, -0.15) is 13.2 Å². The molecule has 124 valence electrons. The molecule has 4 nitrogen and oxygen atoms in total. The molecule has 7 heteroatoms. The van der Waals surface area contributed by atoms with Crippen molar-refractivity contribution >= 4 is 11.9 Å². The standard InChI is InChI=1S/C17H12F3NO3/c18-17(19,20)15-9-5-4-8-13(15)10-14(11-21(23)24)16(22)12-6-2-1-3-7-12/h1-10H,11H2/b14-10+. The molecule has 0 bridgehead atoms. The highest BCUT2D eigenvalue weighted by molar-refractivity contribution is 6.11. The molecule has 0 atom stereocenters. The van der Waals surface area contributed by atoms with E-state index in [0.717, 1.165) is 12.1 Å². The summed E-state index contributed by atoms with van der Waals surface area (Å²) in [6.07, 6.45) is -3.69. The van der Waals surface area contributed by atoms with Crippen molar-refractivity contribution in [2.24, 2.45) is 0 Å². The number of halogens is 3. The van der Waals surface area contributed by atoms with Crippen LogP contribution >= 0.6 is 0 Å². The minimum Gasteiger partial charge on any atom is -0.289 e. The molecule has 0 fully saturated rings. The molecular formula is C17H12F3NO3. The van der Waals surface area contributed by atoms with E-state index in [1.54, 1.807) is 18.2 Å². The van der Waals surface area contributed by atoms with Gasteiger partial charge in [0, 0.05) is 10.5 Å². The quantitative estimate of drug-likeness (QED) is 0.355. The van der Waals surface area contributed by atoms with E-state index >= 15 is 0 Å². The number of nitro groups is 1. The Kier molecular flexibility index (Phi) is 5.13. The first-order valence-corrected chi connectivity index (χ1v) is 6.87. The molecule has 0 saturated heterocycles. The van der Waals surface area contributed by atoms with Crippen molar-refractivity contribution in [3.8, 4) is 0 Å². The van der Waals surface area contributed by atoms with Crippen molar-refractivity contribution in [3.63, 3.8) is 0 Å². The summed E-state index contributed by atoms with van der Waals surface area (Å²) in [4.78, 5) is 22.5. The van der Waals surface area contributed by atoms with E-state index in [2.05, 4.69) is 0 Å². The maximum absolute atomic E-state index is 13.0. The maximum atomic E-state index is 13.0.